The summed E-state index contributed by atoms with van der Waals surface area (Å²) in [4.78, 5) is 0. The zero-order valence-electron chi connectivity index (χ0n) is 9.18. The standard InChI is InChI=1S/C14H13NS/c1-16-10-15-13-8-4-2-6-11(13)12-7-3-5-9-14(12)15/h2-9H,10H2,1H3. The summed E-state index contributed by atoms with van der Waals surface area (Å²) < 4.78 is 2.38. The Hall–Kier alpha value is -1.41. The lowest BCUT2D eigenvalue weighted by molar-refractivity contribution is 0.987. The van der Waals surface area contributed by atoms with Crippen LogP contribution in [-0.4, -0.2) is 10.8 Å². The van der Waals surface area contributed by atoms with Gasteiger partial charge in [-0.25, -0.2) is 0 Å². The first-order valence-corrected chi connectivity index (χ1v) is 6.76. The lowest BCUT2D eigenvalue weighted by atomic mass is 10.2. The average molecular weight is 227 g/mol. The largest absolute Gasteiger partial charge is 0.331 e. The van der Waals surface area contributed by atoms with Crippen LogP contribution in [0.1, 0.15) is 0 Å². The second kappa shape index (κ2) is 3.87. The molecule has 0 atom stereocenters. The fourth-order valence-corrected chi connectivity index (χ4v) is 2.81. The van der Waals surface area contributed by atoms with E-state index in [0.29, 0.717) is 0 Å². The summed E-state index contributed by atoms with van der Waals surface area (Å²) in [5, 5.41) is 2.71. The van der Waals surface area contributed by atoms with Gasteiger partial charge in [-0.15, -0.1) is 11.8 Å². The number of hydrogen-bond acceptors (Lipinski definition) is 1. The molecule has 0 aliphatic heterocycles. The van der Waals surface area contributed by atoms with Gasteiger partial charge in [-0.05, 0) is 18.4 Å². The number of thioether (sulfide) groups is 1. The van der Waals surface area contributed by atoms with E-state index in [2.05, 4.69) is 59.4 Å². The van der Waals surface area contributed by atoms with Crippen LogP contribution >= 0.6 is 11.8 Å². The van der Waals surface area contributed by atoms with Crippen LogP contribution in [0.25, 0.3) is 21.8 Å². The Labute approximate surface area is 99.1 Å². The molecule has 3 rings (SSSR count). The highest BCUT2D eigenvalue weighted by Crippen LogP contribution is 2.29. The van der Waals surface area contributed by atoms with Crippen LogP contribution in [0.2, 0.25) is 0 Å². The Morgan fingerprint density at radius 1 is 0.875 bits per heavy atom. The second-order valence-corrected chi connectivity index (χ2v) is 4.72. The van der Waals surface area contributed by atoms with Gasteiger partial charge in [0.25, 0.3) is 0 Å². The molecule has 0 N–H and O–H groups in total. The minimum absolute atomic E-state index is 1.01. The van der Waals surface area contributed by atoms with Gasteiger partial charge in [-0.3, -0.25) is 0 Å². The topological polar surface area (TPSA) is 4.93 Å². The third-order valence-electron chi connectivity index (χ3n) is 2.94. The SMILES string of the molecule is CSCn1c2ccccc2c2ccccc21. The molecule has 1 nitrogen and oxygen atoms in total. The first-order chi connectivity index (χ1) is 7.92. The van der Waals surface area contributed by atoms with Crippen molar-refractivity contribution in [1.29, 1.82) is 0 Å². The van der Waals surface area contributed by atoms with Crippen molar-refractivity contribution in [2.45, 2.75) is 5.88 Å². The van der Waals surface area contributed by atoms with Gasteiger partial charge >= 0.3 is 0 Å². The maximum Gasteiger partial charge on any atom is 0.0686 e. The Morgan fingerprint density at radius 2 is 1.38 bits per heavy atom. The summed E-state index contributed by atoms with van der Waals surface area (Å²) in [6.07, 6.45) is 2.14. The summed E-state index contributed by atoms with van der Waals surface area (Å²) in [5.41, 5.74) is 2.66. The molecule has 0 bridgehead atoms. The van der Waals surface area contributed by atoms with Crippen molar-refractivity contribution in [2.24, 2.45) is 0 Å². The zero-order valence-corrected chi connectivity index (χ0v) is 10.00. The quantitative estimate of drug-likeness (QED) is 0.637. The molecule has 2 aromatic carbocycles. The molecule has 80 valence electrons. The highest BCUT2D eigenvalue weighted by Gasteiger charge is 2.07. The molecular formula is C14H13NS. The molecule has 0 unspecified atom stereocenters. The normalized spacial score (nSPS) is 11.3. The van der Waals surface area contributed by atoms with E-state index in [4.69, 9.17) is 0 Å². The van der Waals surface area contributed by atoms with E-state index in [0.717, 1.165) is 5.88 Å². The molecule has 0 saturated carbocycles. The molecule has 0 saturated heterocycles. The predicted molar refractivity (Wildman–Crippen MR) is 73.0 cm³/mol. The molecule has 1 heterocycles. The van der Waals surface area contributed by atoms with Crippen LogP contribution in [0.5, 0.6) is 0 Å². The molecule has 3 aromatic rings. The Morgan fingerprint density at radius 3 is 1.88 bits per heavy atom. The monoisotopic (exact) mass is 227 g/mol. The number of rotatable bonds is 2. The molecule has 0 aliphatic rings. The van der Waals surface area contributed by atoms with Gasteiger partial charge in [0.2, 0.25) is 0 Å². The summed E-state index contributed by atoms with van der Waals surface area (Å²) in [6, 6.07) is 17.2. The number of aromatic nitrogens is 1. The molecule has 1 aromatic heterocycles. The van der Waals surface area contributed by atoms with E-state index >= 15 is 0 Å². The van der Waals surface area contributed by atoms with Gasteiger partial charge in [0.15, 0.2) is 0 Å². The van der Waals surface area contributed by atoms with E-state index < -0.39 is 0 Å². The smallest absolute Gasteiger partial charge is 0.0686 e. The van der Waals surface area contributed by atoms with Crippen LogP contribution in [-0.2, 0) is 5.88 Å². The molecule has 0 aliphatic carbocycles. The molecule has 2 heteroatoms. The molecule has 0 spiro atoms. The summed E-state index contributed by atoms with van der Waals surface area (Å²) in [5.74, 6) is 1.01. The first kappa shape index (κ1) is 9.79. The van der Waals surface area contributed by atoms with Crippen LogP contribution in [0.3, 0.4) is 0 Å². The zero-order chi connectivity index (χ0) is 11.0. The van der Waals surface area contributed by atoms with Crippen molar-refractivity contribution >= 4 is 33.6 Å². The number of para-hydroxylation sites is 2. The highest BCUT2D eigenvalue weighted by atomic mass is 32.2. The third kappa shape index (κ3) is 1.34. The Bertz CT molecular complexity index is 586. The van der Waals surface area contributed by atoms with Crippen LogP contribution in [0.15, 0.2) is 48.5 Å². The number of benzene rings is 2. The van der Waals surface area contributed by atoms with Crippen LogP contribution in [0.4, 0.5) is 0 Å². The molecular weight excluding hydrogens is 214 g/mol. The van der Waals surface area contributed by atoms with Gasteiger partial charge in [0.05, 0.1) is 5.88 Å². The van der Waals surface area contributed by atoms with Crippen molar-refractivity contribution < 1.29 is 0 Å². The number of hydrogen-bond donors (Lipinski definition) is 0. The van der Waals surface area contributed by atoms with Crippen LogP contribution < -0.4 is 0 Å². The predicted octanol–water partition coefficient (Wildman–Crippen LogP) is 4.12. The number of nitrogens with zero attached hydrogens (tertiary/aromatic N) is 1. The van der Waals surface area contributed by atoms with E-state index in [1.54, 1.807) is 0 Å². The summed E-state index contributed by atoms with van der Waals surface area (Å²) in [6.45, 7) is 0. The van der Waals surface area contributed by atoms with Crippen LogP contribution in [0, 0.1) is 0 Å². The van der Waals surface area contributed by atoms with Crippen molar-refractivity contribution in [3.8, 4) is 0 Å². The van der Waals surface area contributed by atoms with E-state index in [1.807, 2.05) is 11.8 Å². The van der Waals surface area contributed by atoms with Gasteiger partial charge in [-0.1, -0.05) is 36.4 Å². The average Bonchev–Trinajstić information content (AvgIpc) is 2.66. The van der Waals surface area contributed by atoms with E-state index in [9.17, 15) is 0 Å². The van der Waals surface area contributed by atoms with E-state index in [1.165, 1.54) is 21.8 Å². The summed E-state index contributed by atoms with van der Waals surface area (Å²) >= 11 is 1.85. The Balaban J connectivity index is 2.49. The molecule has 0 fully saturated rings. The first-order valence-electron chi connectivity index (χ1n) is 5.37. The third-order valence-corrected chi connectivity index (χ3v) is 3.45. The maximum atomic E-state index is 2.38. The van der Waals surface area contributed by atoms with Crippen molar-refractivity contribution in [2.75, 3.05) is 6.26 Å². The fraction of sp³-hybridized carbons (Fsp3) is 0.143. The highest BCUT2D eigenvalue weighted by molar-refractivity contribution is 7.97. The van der Waals surface area contributed by atoms with Gasteiger partial charge in [0, 0.05) is 21.8 Å². The second-order valence-electron chi connectivity index (χ2n) is 3.88. The van der Waals surface area contributed by atoms with E-state index in [-0.39, 0.29) is 0 Å². The fourth-order valence-electron chi connectivity index (χ4n) is 2.27. The maximum absolute atomic E-state index is 2.38. The lowest BCUT2D eigenvalue weighted by Gasteiger charge is -2.03. The molecule has 0 amide bonds. The van der Waals surface area contributed by atoms with Gasteiger partial charge in [0.1, 0.15) is 0 Å². The van der Waals surface area contributed by atoms with Gasteiger partial charge in [-0.2, -0.15) is 0 Å². The molecule has 0 radical (unpaired) electrons. The minimum Gasteiger partial charge on any atom is -0.331 e. The number of fused-ring (bicyclic) bond motifs is 3. The lowest BCUT2D eigenvalue weighted by Crippen LogP contribution is -1.92. The van der Waals surface area contributed by atoms with Gasteiger partial charge < -0.3 is 4.57 Å². The van der Waals surface area contributed by atoms with Crippen molar-refractivity contribution in [3.05, 3.63) is 48.5 Å². The van der Waals surface area contributed by atoms with Crippen molar-refractivity contribution in [3.63, 3.8) is 0 Å². The summed E-state index contributed by atoms with van der Waals surface area (Å²) in [7, 11) is 0. The minimum atomic E-state index is 1.01. The molecule has 16 heavy (non-hydrogen) atoms. The van der Waals surface area contributed by atoms with Crippen molar-refractivity contribution in [1.82, 2.24) is 4.57 Å². The Kier molecular flexibility index (Phi) is 2.37.